The Morgan fingerprint density at radius 3 is 2.71 bits per heavy atom. The topological polar surface area (TPSA) is 34.5 Å². The number of para-hydroxylation sites is 1. The Balaban J connectivity index is 1.91. The van der Waals surface area contributed by atoms with Crippen molar-refractivity contribution in [1.29, 1.82) is 0 Å². The molecule has 2 aromatic carbocycles. The van der Waals surface area contributed by atoms with Crippen LogP contribution in [0.4, 0.5) is 4.39 Å². The maximum atomic E-state index is 13.7. The fraction of sp³-hybridized carbons (Fsp3) is 0.100. The Bertz CT molecular complexity index is 950. The molecule has 2 heterocycles. The number of hydrogen-bond donors (Lipinski definition) is 0. The lowest BCUT2D eigenvalue weighted by molar-refractivity contribution is 0.414. The summed E-state index contributed by atoms with van der Waals surface area (Å²) in [5.74, 6) is 0.505. The second-order valence-corrected chi connectivity index (χ2v) is 5.56. The summed E-state index contributed by atoms with van der Waals surface area (Å²) in [5.41, 5.74) is 5.37. The monoisotopic (exact) mass is 318 g/mol. The van der Waals surface area contributed by atoms with E-state index in [0.29, 0.717) is 6.54 Å². The van der Waals surface area contributed by atoms with E-state index < -0.39 is 0 Å². The predicted octanol–water partition coefficient (Wildman–Crippen LogP) is 4.25. The molecule has 0 aliphatic carbocycles. The molecule has 1 aliphatic rings. The van der Waals surface area contributed by atoms with Gasteiger partial charge in [0.2, 0.25) is 0 Å². The second-order valence-electron chi connectivity index (χ2n) is 5.56. The van der Waals surface area contributed by atoms with E-state index in [4.69, 9.17) is 4.74 Å². The molecule has 0 bridgehead atoms. The molecule has 0 radical (unpaired) electrons. The molecule has 1 aromatic heterocycles. The molecule has 0 saturated carbocycles. The fourth-order valence-electron chi connectivity index (χ4n) is 3.08. The number of nitrogens with zero attached hydrogens (tertiary/aromatic N) is 2. The van der Waals surface area contributed by atoms with Crippen molar-refractivity contribution in [2.24, 2.45) is 4.99 Å². The maximum Gasteiger partial charge on any atom is 0.128 e. The number of aromatic nitrogens is 1. The standard InChI is InChI=1S/C20H15FN2O/c1-24-18-8-3-2-7-16(18)20-19-15(9-10-22-17(19)12-23-20)13-5-4-6-14(21)11-13/h2-11H,12H2,1H3. The minimum atomic E-state index is -0.258. The van der Waals surface area contributed by atoms with Gasteiger partial charge < -0.3 is 4.74 Å². The number of rotatable bonds is 3. The molecular formula is C20H15FN2O. The average Bonchev–Trinajstić information content (AvgIpc) is 3.05. The molecule has 1 aliphatic heterocycles. The molecule has 3 nitrogen and oxygen atoms in total. The molecule has 118 valence electrons. The molecule has 4 rings (SSSR count). The van der Waals surface area contributed by atoms with Gasteiger partial charge in [-0.05, 0) is 41.5 Å². The fourth-order valence-corrected chi connectivity index (χ4v) is 3.08. The van der Waals surface area contributed by atoms with Gasteiger partial charge >= 0.3 is 0 Å². The van der Waals surface area contributed by atoms with Crippen LogP contribution in [0.2, 0.25) is 0 Å². The van der Waals surface area contributed by atoms with Gasteiger partial charge in [0, 0.05) is 17.3 Å². The Morgan fingerprint density at radius 2 is 1.88 bits per heavy atom. The molecule has 0 fully saturated rings. The average molecular weight is 318 g/mol. The zero-order valence-electron chi connectivity index (χ0n) is 13.2. The third-order valence-electron chi connectivity index (χ3n) is 4.15. The molecule has 4 heteroatoms. The highest BCUT2D eigenvalue weighted by Gasteiger charge is 2.24. The molecular weight excluding hydrogens is 303 g/mol. The number of halogens is 1. The lowest BCUT2D eigenvalue weighted by Gasteiger charge is -2.13. The molecule has 24 heavy (non-hydrogen) atoms. The van der Waals surface area contributed by atoms with E-state index in [9.17, 15) is 4.39 Å². The summed E-state index contributed by atoms with van der Waals surface area (Å²) in [5, 5.41) is 0. The highest BCUT2D eigenvalue weighted by Crippen LogP contribution is 2.34. The van der Waals surface area contributed by atoms with Crippen LogP contribution in [0.1, 0.15) is 16.8 Å². The molecule has 0 spiro atoms. The van der Waals surface area contributed by atoms with Crippen molar-refractivity contribution in [2.75, 3.05) is 7.11 Å². The van der Waals surface area contributed by atoms with E-state index in [1.807, 2.05) is 36.4 Å². The summed E-state index contributed by atoms with van der Waals surface area (Å²) < 4.78 is 19.2. The SMILES string of the molecule is COc1ccccc1C1=NCc2nccc(-c3cccc(F)c3)c21. The summed E-state index contributed by atoms with van der Waals surface area (Å²) >= 11 is 0. The number of methoxy groups -OCH3 is 1. The van der Waals surface area contributed by atoms with E-state index in [1.165, 1.54) is 12.1 Å². The van der Waals surface area contributed by atoms with Crippen molar-refractivity contribution in [3.63, 3.8) is 0 Å². The van der Waals surface area contributed by atoms with E-state index in [1.54, 1.807) is 19.4 Å². The first-order valence-corrected chi connectivity index (χ1v) is 7.70. The summed E-state index contributed by atoms with van der Waals surface area (Å²) in [6.45, 7) is 0.520. The minimum Gasteiger partial charge on any atom is -0.496 e. The van der Waals surface area contributed by atoms with Gasteiger partial charge in [0.1, 0.15) is 11.6 Å². The van der Waals surface area contributed by atoms with Gasteiger partial charge in [-0.3, -0.25) is 9.98 Å². The van der Waals surface area contributed by atoms with Crippen LogP contribution >= 0.6 is 0 Å². The number of benzene rings is 2. The Kier molecular flexibility index (Phi) is 3.58. The lowest BCUT2D eigenvalue weighted by atomic mass is 9.93. The minimum absolute atomic E-state index is 0.258. The van der Waals surface area contributed by atoms with Crippen LogP contribution < -0.4 is 4.74 Å². The molecule has 0 saturated heterocycles. The van der Waals surface area contributed by atoms with E-state index in [2.05, 4.69) is 9.98 Å². The molecule has 3 aromatic rings. The maximum absolute atomic E-state index is 13.7. The van der Waals surface area contributed by atoms with Crippen molar-refractivity contribution in [3.8, 4) is 16.9 Å². The van der Waals surface area contributed by atoms with Crippen molar-refractivity contribution >= 4 is 5.71 Å². The zero-order valence-corrected chi connectivity index (χ0v) is 13.2. The van der Waals surface area contributed by atoms with Crippen molar-refractivity contribution in [2.45, 2.75) is 6.54 Å². The van der Waals surface area contributed by atoms with Crippen LogP contribution in [0.25, 0.3) is 11.1 Å². The van der Waals surface area contributed by atoms with E-state index >= 15 is 0 Å². The quantitative estimate of drug-likeness (QED) is 0.723. The second kappa shape index (κ2) is 5.89. The van der Waals surface area contributed by atoms with Crippen molar-refractivity contribution in [3.05, 3.63) is 83.4 Å². The van der Waals surface area contributed by atoms with Crippen LogP contribution in [0.3, 0.4) is 0 Å². The molecule has 0 atom stereocenters. The predicted molar refractivity (Wildman–Crippen MR) is 92.0 cm³/mol. The first-order valence-electron chi connectivity index (χ1n) is 7.70. The summed E-state index contributed by atoms with van der Waals surface area (Å²) in [7, 11) is 1.64. The van der Waals surface area contributed by atoms with Crippen LogP contribution in [0, 0.1) is 5.82 Å². The zero-order chi connectivity index (χ0) is 16.5. The largest absolute Gasteiger partial charge is 0.496 e. The van der Waals surface area contributed by atoms with Gasteiger partial charge in [-0.1, -0.05) is 24.3 Å². The Labute approximate surface area is 139 Å². The normalized spacial score (nSPS) is 12.7. The number of hydrogen-bond acceptors (Lipinski definition) is 3. The summed E-state index contributed by atoms with van der Waals surface area (Å²) in [6.07, 6.45) is 1.75. The van der Waals surface area contributed by atoms with Crippen LogP contribution in [-0.4, -0.2) is 17.8 Å². The first kappa shape index (κ1) is 14.6. The number of pyridine rings is 1. The smallest absolute Gasteiger partial charge is 0.128 e. The van der Waals surface area contributed by atoms with E-state index in [-0.39, 0.29) is 5.82 Å². The van der Waals surface area contributed by atoms with Gasteiger partial charge in [0.15, 0.2) is 0 Å². The van der Waals surface area contributed by atoms with Crippen LogP contribution in [0.15, 0.2) is 65.8 Å². The van der Waals surface area contributed by atoms with Crippen molar-refractivity contribution in [1.82, 2.24) is 4.98 Å². The van der Waals surface area contributed by atoms with Gasteiger partial charge in [-0.15, -0.1) is 0 Å². The highest BCUT2D eigenvalue weighted by atomic mass is 19.1. The summed E-state index contributed by atoms with van der Waals surface area (Å²) in [6, 6.07) is 16.3. The van der Waals surface area contributed by atoms with Gasteiger partial charge in [0.05, 0.1) is 25.1 Å². The molecule has 0 amide bonds. The third kappa shape index (κ3) is 2.36. The number of ether oxygens (including phenoxy) is 1. The Morgan fingerprint density at radius 1 is 1.00 bits per heavy atom. The number of fused-ring (bicyclic) bond motifs is 1. The van der Waals surface area contributed by atoms with Gasteiger partial charge in [-0.25, -0.2) is 4.39 Å². The molecule has 0 unspecified atom stereocenters. The van der Waals surface area contributed by atoms with E-state index in [0.717, 1.165) is 39.4 Å². The third-order valence-corrected chi connectivity index (χ3v) is 4.15. The molecule has 0 N–H and O–H groups in total. The highest BCUT2D eigenvalue weighted by molar-refractivity contribution is 6.19. The van der Waals surface area contributed by atoms with Crippen molar-refractivity contribution < 1.29 is 9.13 Å². The van der Waals surface area contributed by atoms with Gasteiger partial charge in [-0.2, -0.15) is 0 Å². The Hall–Kier alpha value is -3.01. The van der Waals surface area contributed by atoms with Gasteiger partial charge in [0.25, 0.3) is 0 Å². The van der Waals surface area contributed by atoms with Crippen LogP contribution in [0.5, 0.6) is 5.75 Å². The summed E-state index contributed by atoms with van der Waals surface area (Å²) in [4.78, 5) is 9.12. The van der Waals surface area contributed by atoms with Crippen LogP contribution in [-0.2, 0) is 6.54 Å². The number of aliphatic imine (C=N–C) groups is 1. The lowest BCUT2D eigenvalue weighted by Crippen LogP contribution is -2.06. The first-order chi connectivity index (χ1) is 11.8.